The molecule has 2 aromatic carbocycles. The Morgan fingerprint density at radius 1 is 0.944 bits per heavy atom. The third-order valence-corrected chi connectivity index (χ3v) is 3.82. The van der Waals surface area contributed by atoms with Crippen molar-refractivity contribution in [3.8, 4) is 11.1 Å². The van der Waals surface area contributed by atoms with Gasteiger partial charge in [-0.05, 0) is 35.9 Å². The zero-order valence-corrected chi connectivity index (χ0v) is 11.3. The molecule has 3 nitrogen and oxygen atoms in total. The molecule has 0 saturated carbocycles. The lowest BCUT2D eigenvalue weighted by Crippen LogP contribution is -1.97. The standard InChI is InChI=1S/C12H8Cl2O3S/c13-9-3-6-12(14)11(7-9)8-1-4-10(5-2-8)18(15,16)17/h1-7H,(H,15,16,17). The van der Waals surface area contributed by atoms with Crippen molar-refractivity contribution in [3.63, 3.8) is 0 Å². The Labute approximate surface area is 115 Å². The summed E-state index contributed by atoms with van der Waals surface area (Å²) >= 11 is 11.9. The van der Waals surface area contributed by atoms with Gasteiger partial charge in [-0.3, -0.25) is 4.55 Å². The van der Waals surface area contributed by atoms with Gasteiger partial charge >= 0.3 is 0 Å². The molecule has 0 aliphatic carbocycles. The molecule has 0 unspecified atom stereocenters. The predicted molar refractivity (Wildman–Crippen MR) is 71.7 cm³/mol. The molecule has 1 N–H and O–H groups in total. The number of hydrogen-bond donors (Lipinski definition) is 1. The van der Waals surface area contributed by atoms with E-state index in [1.165, 1.54) is 12.1 Å². The Kier molecular flexibility index (Phi) is 3.64. The quantitative estimate of drug-likeness (QED) is 0.856. The van der Waals surface area contributed by atoms with E-state index in [4.69, 9.17) is 27.8 Å². The van der Waals surface area contributed by atoms with Crippen molar-refractivity contribution in [2.24, 2.45) is 0 Å². The van der Waals surface area contributed by atoms with Crippen LogP contribution in [-0.4, -0.2) is 13.0 Å². The summed E-state index contributed by atoms with van der Waals surface area (Å²) in [6.07, 6.45) is 0. The molecule has 0 heterocycles. The monoisotopic (exact) mass is 302 g/mol. The van der Waals surface area contributed by atoms with Crippen LogP contribution in [0.3, 0.4) is 0 Å². The Hall–Kier alpha value is -1.07. The molecule has 0 bridgehead atoms. The molecular formula is C12H8Cl2O3S. The first kappa shape index (κ1) is 13.4. The van der Waals surface area contributed by atoms with Crippen LogP contribution in [-0.2, 0) is 10.1 Å². The maximum absolute atomic E-state index is 10.9. The SMILES string of the molecule is O=S(=O)(O)c1ccc(-c2cc(Cl)ccc2Cl)cc1. The number of benzene rings is 2. The first-order chi connectivity index (χ1) is 8.38. The lowest BCUT2D eigenvalue weighted by molar-refractivity contribution is 0.483. The molecule has 0 saturated heterocycles. The second kappa shape index (κ2) is 4.90. The smallest absolute Gasteiger partial charge is 0.282 e. The zero-order valence-electron chi connectivity index (χ0n) is 8.97. The van der Waals surface area contributed by atoms with E-state index in [-0.39, 0.29) is 4.90 Å². The third-order valence-electron chi connectivity index (χ3n) is 2.39. The minimum Gasteiger partial charge on any atom is -0.282 e. The van der Waals surface area contributed by atoms with Gasteiger partial charge in [0.2, 0.25) is 0 Å². The maximum Gasteiger partial charge on any atom is 0.294 e. The fraction of sp³-hybridized carbons (Fsp3) is 0. The summed E-state index contributed by atoms with van der Waals surface area (Å²) in [4.78, 5) is -0.163. The highest BCUT2D eigenvalue weighted by atomic mass is 35.5. The summed E-state index contributed by atoms with van der Waals surface area (Å²) < 4.78 is 30.7. The van der Waals surface area contributed by atoms with Crippen LogP contribution in [0.4, 0.5) is 0 Å². The minimum atomic E-state index is -4.18. The van der Waals surface area contributed by atoms with Crippen molar-refractivity contribution in [1.29, 1.82) is 0 Å². The predicted octanol–water partition coefficient (Wildman–Crippen LogP) is 3.91. The highest BCUT2D eigenvalue weighted by Crippen LogP contribution is 2.31. The van der Waals surface area contributed by atoms with Crippen LogP contribution in [0.15, 0.2) is 47.4 Å². The second-order valence-electron chi connectivity index (χ2n) is 3.62. The van der Waals surface area contributed by atoms with Crippen LogP contribution in [0.5, 0.6) is 0 Å². The van der Waals surface area contributed by atoms with Gasteiger partial charge in [-0.25, -0.2) is 0 Å². The molecule has 6 heteroatoms. The number of halogens is 2. The van der Waals surface area contributed by atoms with E-state index in [9.17, 15) is 8.42 Å². The molecule has 0 amide bonds. The van der Waals surface area contributed by atoms with Gasteiger partial charge in [0.25, 0.3) is 10.1 Å². The van der Waals surface area contributed by atoms with Crippen molar-refractivity contribution >= 4 is 33.3 Å². The van der Waals surface area contributed by atoms with Gasteiger partial charge in [-0.15, -0.1) is 0 Å². The molecule has 0 spiro atoms. The van der Waals surface area contributed by atoms with Gasteiger partial charge in [0, 0.05) is 15.6 Å². The van der Waals surface area contributed by atoms with Crippen LogP contribution in [0.2, 0.25) is 10.0 Å². The average Bonchev–Trinajstić information content (AvgIpc) is 2.31. The lowest BCUT2D eigenvalue weighted by atomic mass is 10.1. The van der Waals surface area contributed by atoms with Gasteiger partial charge in [-0.2, -0.15) is 8.42 Å². The van der Waals surface area contributed by atoms with Crippen LogP contribution in [0.25, 0.3) is 11.1 Å². The second-order valence-corrected chi connectivity index (χ2v) is 5.89. The zero-order chi connectivity index (χ0) is 13.3. The molecule has 0 radical (unpaired) electrons. The largest absolute Gasteiger partial charge is 0.294 e. The summed E-state index contributed by atoms with van der Waals surface area (Å²) in [6.45, 7) is 0. The van der Waals surface area contributed by atoms with E-state index >= 15 is 0 Å². The third kappa shape index (κ3) is 2.84. The van der Waals surface area contributed by atoms with E-state index in [2.05, 4.69) is 0 Å². The van der Waals surface area contributed by atoms with Crippen LogP contribution >= 0.6 is 23.2 Å². The molecule has 2 rings (SSSR count). The summed E-state index contributed by atoms with van der Waals surface area (Å²) in [7, 11) is -4.18. The van der Waals surface area contributed by atoms with Crippen molar-refractivity contribution < 1.29 is 13.0 Å². The Bertz CT molecular complexity index is 679. The van der Waals surface area contributed by atoms with Crippen LogP contribution < -0.4 is 0 Å². The molecule has 0 aromatic heterocycles. The van der Waals surface area contributed by atoms with Gasteiger partial charge in [0.15, 0.2) is 0 Å². The normalized spacial score (nSPS) is 11.5. The van der Waals surface area contributed by atoms with Crippen molar-refractivity contribution in [2.45, 2.75) is 4.90 Å². The van der Waals surface area contributed by atoms with Crippen molar-refractivity contribution in [3.05, 3.63) is 52.5 Å². The maximum atomic E-state index is 10.9. The van der Waals surface area contributed by atoms with Crippen molar-refractivity contribution in [1.82, 2.24) is 0 Å². The van der Waals surface area contributed by atoms with E-state index in [0.29, 0.717) is 15.6 Å². The Morgan fingerprint density at radius 2 is 1.56 bits per heavy atom. The fourth-order valence-corrected chi connectivity index (χ4v) is 2.40. The summed E-state index contributed by atoms with van der Waals surface area (Å²) in [5, 5.41) is 1.05. The summed E-state index contributed by atoms with van der Waals surface area (Å²) in [5.74, 6) is 0. The number of hydrogen-bond acceptors (Lipinski definition) is 2. The summed E-state index contributed by atoms with van der Waals surface area (Å²) in [6, 6.07) is 10.7. The van der Waals surface area contributed by atoms with E-state index < -0.39 is 10.1 Å². The summed E-state index contributed by atoms with van der Waals surface area (Å²) in [5.41, 5.74) is 1.42. The van der Waals surface area contributed by atoms with Gasteiger partial charge < -0.3 is 0 Å². The van der Waals surface area contributed by atoms with E-state index in [0.717, 1.165) is 5.56 Å². The fourth-order valence-electron chi connectivity index (χ4n) is 1.53. The van der Waals surface area contributed by atoms with Gasteiger partial charge in [-0.1, -0.05) is 35.3 Å². The molecule has 0 aliphatic heterocycles. The number of rotatable bonds is 2. The van der Waals surface area contributed by atoms with E-state index in [1.807, 2.05) is 0 Å². The molecule has 2 aromatic rings. The lowest BCUT2D eigenvalue weighted by Gasteiger charge is -2.06. The Balaban J connectivity index is 2.50. The van der Waals surface area contributed by atoms with Crippen LogP contribution in [0, 0.1) is 0 Å². The Morgan fingerprint density at radius 3 is 2.11 bits per heavy atom. The highest BCUT2D eigenvalue weighted by molar-refractivity contribution is 7.85. The van der Waals surface area contributed by atoms with Gasteiger partial charge in [0.1, 0.15) is 0 Å². The van der Waals surface area contributed by atoms with Gasteiger partial charge in [0.05, 0.1) is 4.90 Å². The molecule has 94 valence electrons. The molecule has 0 fully saturated rings. The minimum absolute atomic E-state index is 0.163. The highest BCUT2D eigenvalue weighted by Gasteiger charge is 2.10. The van der Waals surface area contributed by atoms with Crippen LogP contribution in [0.1, 0.15) is 0 Å². The van der Waals surface area contributed by atoms with E-state index in [1.54, 1.807) is 30.3 Å². The molecule has 0 atom stereocenters. The first-order valence-electron chi connectivity index (χ1n) is 4.91. The topological polar surface area (TPSA) is 54.4 Å². The molecule has 18 heavy (non-hydrogen) atoms. The molecule has 0 aliphatic rings. The molecular weight excluding hydrogens is 295 g/mol. The average molecular weight is 303 g/mol. The van der Waals surface area contributed by atoms with Crippen molar-refractivity contribution in [2.75, 3.05) is 0 Å². The first-order valence-corrected chi connectivity index (χ1v) is 7.10.